The Bertz CT molecular complexity index is 712. The maximum absolute atomic E-state index is 12.3. The monoisotopic (exact) mass is 354 g/mol. The number of benzene rings is 2. The molecule has 0 saturated heterocycles. The summed E-state index contributed by atoms with van der Waals surface area (Å²) in [5, 5.41) is 3.26. The van der Waals surface area contributed by atoms with Crippen molar-refractivity contribution in [3.8, 4) is 11.5 Å². The van der Waals surface area contributed by atoms with Gasteiger partial charge in [0.25, 0.3) is 5.91 Å². The van der Waals surface area contributed by atoms with Crippen molar-refractivity contribution in [2.24, 2.45) is 0 Å². The van der Waals surface area contributed by atoms with Crippen molar-refractivity contribution in [3.05, 3.63) is 45.9 Å². The number of hydrogen-bond donors (Lipinski definition) is 2. The lowest BCUT2D eigenvalue weighted by atomic mass is 10.1. The first-order chi connectivity index (χ1) is 11.0. The number of hydrogen-bond acceptors (Lipinski definition) is 4. The molecule has 0 spiro atoms. The van der Waals surface area contributed by atoms with E-state index in [1.165, 1.54) is 19.2 Å². The van der Waals surface area contributed by atoms with Gasteiger partial charge in [0.15, 0.2) is 11.5 Å². The van der Waals surface area contributed by atoms with Crippen molar-refractivity contribution < 1.29 is 14.3 Å². The first kappa shape index (κ1) is 17.2. The summed E-state index contributed by atoms with van der Waals surface area (Å²) in [7, 11) is 1.51. The molecule has 5 nitrogen and oxygen atoms in total. The van der Waals surface area contributed by atoms with Gasteiger partial charge in [-0.1, -0.05) is 23.2 Å². The molecular weight excluding hydrogens is 339 g/mol. The molecular formula is C16H16Cl2N2O3. The van der Waals surface area contributed by atoms with Crippen LogP contribution < -0.4 is 20.5 Å². The molecule has 0 aliphatic heterocycles. The molecule has 1 amide bonds. The van der Waals surface area contributed by atoms with Gasteiger partial charge in [-0.15, -0.1) is 0 Å². The lowest BCUT2D eigenvalue weighted by Gasteiger charge is -2.12. The zero-order valence-electron chi connectivity index (χ0n) is 12.7. The summed E-state index contributed by atoms with van der Waals surface area (Å²) in [5.74, 6) is 0.723. The maximum atomic E-state index is 12.3. The fraction of sp³-hybridized carbons (Fsp3) is 0.188. The first-order valence-electron chi connectivity index (χ1n) is 6.83. The third-order valence-electron chi connectivity index (χ3n) is 3.06. The van der Waals surface area contributed by atoms with Crippen molar-refractivity contribution in [1.29, 1.82) is 0 Å². The van der Waals surface area contributed by atoms with E-state index in [1.54, 1.807) is 18.2 Å². The number of halogens is 2. The van der Waals surface area contributed by atoms with Crippen LogP contribution in [-0.4, -0.2) is 19.6 Å². The summed E-state index contributed by atoms with van der Waals surface area (Å²) in [6, 6.07) is 7.99. The molecule has 2 rings (SSSR count). The normalized spacial score (nSPS) is 10.3. The molecule has 2 aromatic carbocycles. The number of nitrogens with one attached hydrogen (secondary N) is 1. The van der Waals surface area contributed by atoms with Crippen LogP contribution in [0.1, 0.15) is 17.3 Å². The van der Waals surface area contributed by atoms with Crippen molar-refractivity contribution in [2.75, 3.05) is 24.8 Å². The first-order valence-corrected chi connectivity index (χ1v) is 7.58. The van der Waals surface area contributed by atoms with Crippen molar-refractivity contribution >= 4 is 40.5 Å². The van der Waals surface area contributed by atoms with Gasteiger partial charge in [-0.3, -0.25) is 4.79 Å². The number of nitrogens with two attached hydrogens (primary N) is 1. The average Bonchev–Trinajstić information content (AvgIpc) is 2.53. The van der Waals surface area contributed by atoms with Crippen LogP contribution in [0.5, 0.6) is 11.5 Å². The predicted octanol–water partition coefficient (Wildman–Crippen LogP) is 4.24. The van der Waals surface area contributed by atoms with Crippen LogP contribution in [0.25, 0.3) is 0 Å². The highest BCUT2D eigenvalue weighted by Crippen LogP contribution is 2.32. The number of carbonyl (C=O) groups is 1. The Balaban J connectivity index is 2.24. The number of ether oxygens (including phenoxy) is 2. The zero-order valence-corrected chi connectivity index (χ0v) is 14.2. The molecule has 0 heterocycles. The molecule has 0 unspecified atom stereocenters. The Morgan fingerprint density at radius 2 is 1.83 bits per heavy atom. The third-order valence-corrected chi connectivity index (χ3v) is 3.69. The summed E-state index contributed by atoms with van der Waals surface area (Å²) >= 11 is 11.9. The van der Waals surface area contributed by atoms with Gasteiger partial charge in [0.2, 0.25) is 0 Å². The Morgan fingerprint density at radius 3 is 2.39 bits per heavy atom. The number of carbonyl (C=O) groups excluding carboxylic acids is 1. The van der Waals surface area contributed by atoms with Crippen LogP contribution in [-0.2, 0) is 0 Å². The van der Waals surface area contributed by atoms with Crippen LogP contribution in [0.4, 0.5) is 11.4 Å². The minimum Gasteiger partial charge on any atom is -0.493 e. The summed E-state index contributed by atoms with van der Waals surface area (Å²) in [6.07, 6.45) is 0. The number of methoxy groups -OCH3 is 1. The SMILES string of the molecule is CCOc1ccc(C(=O)Nc2cc(Cl)c(N)c(Cl)c2)cc1OC. The molecule has 0 fully saturated rings. The Hall–Kier alpha value is -2.11. The summed E-state index contributed by atoms with van der Waals surface area (Å²) in [4.78, 5) is 12.3. The molecule has 0 aromatic heterocycles. The fourth-order valence-electron chi connectivity index (χ4n) is 1.94. The van der Waals surface area contributed by atoms with Gasteiger partial charge >= 0.3 is 0 Å². The molecule has 0 aliphatic rings. The Kier molecular flexibility index (Phi) is 5.58. The average molecular weight is 355 g/mol. The van der Waals surface area contributed by atoms with Crippen LogP contribution in [0, 0.1) is 0 Å². The fourth-order valence-corrected chi connectivity index (χ4v) is 2.43. The van der Waals surface area contributed by atoms with E-state index in [0.29, 0.717) is 29.4 Å². The Morgan fingerprint density at radius 1 is 1.17 bits per heavy atom. The predicted molar refractivity (Wildman–Crippen MR) is 93.0 cm³/mol. The van der Waals surface area contributed by atoms with Crippen LogP contribution >= 0.6 is 23.2 Å². The second-order valence-corrected chi connectivity index (χ2v) is 5.42. The molecule has 3 N–H and O–H groups in total. The van der Waals surface area contributed by atoms with E-state index in [9.17, 15) is 4.79 Å². The van der Waals surface area contributed by atoms with Gasteiger partial charge in [0.1, 0.15) is 0 Å². The second kappa shape index (κ2) is 7.44. The lowest BCUT2D eigenvalue weighted by Crippen LogP contribution is -2.12. The van der Waals surface area contributed by atoms with Crippen molar-refractivity contribution in [2.45, 2.75) is 6.92 Å². The molecule has 2 aromatic rings. The van der Waals surface area contributed by atoms with Crippen LogP contribution in [0.3, 0.4) is 0 Å². The molecule has 0 radical (unpaired) electrons. The lowest BCUT2D eigenvalue weighted by molar-refractivity contribution is 0.102. The van der Waals surface area contributed by atoms with Gasteiger partial charge < -0.3 is 20.5 Å². The highest BCUT2D eigenvalue weighted by atomic mass is 35.5. The number of amides is 1. The van der Waals surface area contributed by atoms with E-state index in [4.69, 9.17) is 38.4 Å². The number of rotatable bonds is 5. The largest absolute Gasteiger partial charge is 0.493 e. The molecule has 0 atom stereocenters. The minimum atomic E-state index is -0.330. The highest BCUT2D eigenvalue weighted by molar-refractivity contribution is 6.39. The second-order valence-electron chi connectivity index (χ2n) is 4.61. The molecule has 7 heteroatoms. The van der Waals surface area contributed by atoms with E-state index < -0.39 is 0 Å². The number of anilines is 2. The standard InChI is InChI=1S/C16H16Cl2N2O3/c1-3-23-13-5-4-9(6-14(13)22-2)16(21)20-10-7-11(17)15(19)12(18)8-10/h4-8H,3,19H2,1-2H3,(H,20,21). The summed E-state index contributed by atoms with van der Waals surface area (Å²) in [5.41, 5.74) is 6.80. The van der Waals surface area contributed by atoms with E-state index in [2.05, 4.69) is 5.32 Å². The Labute approximate surface area is 144 Å². The van der Waals surface area contributed by atoms with E-state index in [0.717, 1.165) is 0 Å². The van der Waals surface area contributed by atoms with E-state index >= 15 is 0 Å². The summed E-state index contributed by atoms with van der Waals surface area (Å²) in [6.45, 7) is 2.37. The van der Waals surface area contributed by atoms with Gasteiger partial charge in [-0.25, -0.2) is 0 Å². The quantitative estimate of drug-likeness (QED) is 0.787. The van der Waals surface area contributed by atoms with Gasteiger partial charge in [-0.2, -0.15) is 0 Å². The number of nitrogen functional groups attached to an aromatic ring is 1. The van der Waals surface area contributed by atoms with Crippen molar-refractivity contribution in [3.63, 3.8) is 0 Å². The third kappa shape index (κ3) is 4.00. The van der Waals surface area contributed by atoms with Crippen molar-refractivity contribution in [1.82, 2.24) is 0 Å². The van der Waals surface area contributed by atoms with E-state index in [-0.39, 0.29) is 21.6 Å². The van der Waals surface area contributed by atoms with E-state index in [1.807, 2.05) is 6.92 Å². The van der Waals surface area contributed by atoms with Gasteiger partial charge in [0.05, 0.1) is 29.4 Å². The van der Waals surface area contributed by atoms with Gasteiger partial charge in [-0.05, 0) is 37.3 Å². The maximum Gasteiger partial charge on any atom is 0.255 e. The minimum absolute atomic E-state index is 0.272. The zero-order chi connectivity index (χ0) is 17.0. The van der Waals surface area contributed by atoms with Gasteiger partial charge in [0, 0.05) is 11.3 Å². The topological polar surface area (TPSA) is 73.6 Å². The molecule has 0 saturated carbocycles. The molecule has 23 heavy (non-hydrogen) atoms. The highest BCUT2D eigenvalue weighted by Gasteiger charge is 2.13. The molecule has 122 valence electrons. The molecule has 0 bridgehead atoms. The van der Waals surface area contributed by atoms with Crippen LogP contribution in [0.2, 0.25) is 10.0 Å². The summed E-state index contributed by atoms with van der Waals surface area (Å²) < 4.78 is 10.6. The smallest absolute Gasteiger partial charge is 0.255 e. The molecule has 0 aliphatic carbocycles. The van der Waals surface area contributed by atoms with Crippen LogP contribution in [0.15, 0.2) is 30.3 Å².